The molecular formula is C21H15Cl2NO4S. The molecule has 4 rings (SSSR count). The summed E-state index contributed by atoms with van der Waals surface area (Å²) in [6, 6.07) is 13.2. The molecule has 1 atom stereocenters. The molecule has 148 valence electrons. The van der Waals surface area contributed by atoms with Crippen LogP contribution in [0.25, 0.3) is 0 Å². The highest BCUT2D eigenvalue weighted by atomic mass is 35.5. The van der Waals surface area contributed by atoms with Crippen LogP contribution in [-0.2, 0) is 0 Å². The molecule has 29 heavy (non-hydrogen) atoms. The number of carbonyl (C=O) groups excluding carboxylic acids is 2. The highest BCUT2D eigenvalue weighted by Crippen LogP contribution is 2.45. The number of anilines is 1. The molecule has 0 fully saturated rings. The molecule has 1 amide bonds. The molecule has 3 aromatic rings. The van der Waals surface area contributed by atoms with E-state index in [1.54, 1.807) is 36.4 Å². The number of para-hydroxylation sites is 1. The van der Waals surface area contributed by atoms with Crippen LogP contribution in [0.4, 0.5) is 10.5 Å². The van der Waals surface area contributed by atoms with Crippen molar-refractivity contribution in [1.82, 2.24) is 0 Å². The highest BCUT2D eigenvalue weighted by molar-refractivity contribution is 7.12. The minimum Gasteiger partial charge on any atom is -0.493 e. The van der Waals surface area contributed by atoms with E-state index in [4.69, 9.17) is 32.7 Å². The number of ketones is 1. The fourth-order valence-corrected chi connectivity index (χ4v) is 4.27. The monoisotopic (exact) mass is 447 g/mol. The molecule has 1 unspecified atom stereocenters. The Morgan fingerprint density at radius 2 is 2.00 bits per heavy atom. The summed E-state index contributed by atoms with van der Waals surface area (Å²) in [6.45, 7) is 0. The van der Waals surface area contributed by atoms with Crippen LogP contribution in [-0.4, -0.2) is 19.0 Å². The lowest BCUT2D eigenvalue weighted by molar-refractivity contribution is 0.0974. The third-order valence-electron chi connectivity index (χ3n) is 4.64. The van der Waals surface area contributed by atoms with Gasteiger partial charge in [0.1, 0.15) is 0 Å². The van der Waals surface area contributed by atoms with Gasteiger partial charge in [0, 0.05) is 17.7 Å². The van der Waals surface area contributed by atoms with Crippen LogP contribution in [0, 0.1) is 0 Å². The number of Topliss-reactive ketones (excluding diaryl/α,β-unsaturated/α-hetero) is 1. The summed E-state index contributed by atoms with van der Waals surface area (Å²) in [5, 5.41) is 2.52. The maximum Gasteiger partial charge on any atom is 0.420 e. The standard InChI is InChI=1S/C21H15Cl2NO4S/c1-27-18-5-2-4-13-16(11-17(25)19-6-3-9-29-19)24(21(26)28-20(13)18)12-7-8-14(22)15(23)10-12/h2-10,16H,11H2,1H3. The van der Waals surface area contributed by atoms with Crippen LogP contribution in [0.3, 0.4) is 0 Å². The van der Waals surface area contributed by atoms with Crippen molar-refractivity contribution in [3.8, 4) is 11.5 Å². The van der Waals surface area contributed by atoms with Gasteiger partial charge in [-0.2, -0.15) is 0 Å². The van der Waals surface area contributed by atoms with Gasteiger partial charge in [0.05, 0.1) is 28.1 Å². The number of amides is 1. The Balaban J connectivity index is 1.82. The van der Waals surface area contributed by atoms with Crippen LogP contribution in [0.1, 0.15) is 27.7 Å². The summed E-state index contributed by atoms with van der Waals surface area (Å²) < 4.78 is 10.9. The van der Waals surface area contributed by atoms with E-state index in [1.165, 1.54) is 23.3 Å². The summed E-state index contributed by atoms with van der Waals surface area (Å²) in [5.41, 5.74) is 1.17. The average molecular weight is 448 g/mol. The Kier molecular flexibility index (Phi) is 5.50. The number of nitrogens with zero attached hydrogens (tertiary/aromatic N) is 1. The second-order valence-corrected chi connectivity index (χ2v) is 8.10. The normalized spacial score (nSPS) is 15.6. The average Bonchev–Trinajstić information content (AvgIpc) is 3.25. The van der Waals surface area contributed by atoms with Gasteiger partial charge in [0.2, 0.25) is 0 Å². The molecular weight excluding hydrogens is 433 g/mol. The molecule has 2 heterocycles. The van der Waals surface area contributed by atoms with Crippen LogP contribution in [0.15, 0.2) is 53.9 Å². The Morgan fingerprint density at radius 3 is 2.69 bits per heavy atom. The zero-order chi connectivity index (χ0) is 20.5. The minimum absolute atomic E-state index is 0.0708. The van der Waals surface area contributed by atoms with Crippen molar-refractivity contribution in [1.29, 1.82) is 0 Å². The van der Waals surface area contributed by atoms with Crippen molar-refractivity contribution in [3.63, 3.8) is 0 Å². The molecule has 8 heteroatoms. The SMILES string of the molecule is COc1cccc2c1OC(=O)N(c1ccc(Cl)c(Cl)c1)C2CC(=O)c1cccs1. The Bertz CT molecular complexity index is 1080. The number of halogens is 2. The number of carbonyl (C=O) groups is 2. The van der Waals surface area contributed by atoms with Gasteiger partial charge < -0.3 is 9.47 Å². The van der Waals surface area contributed by atoms with E-state index in [0.29, 0.717) is 37.7 Å². The summed E-state index contributed by atoms with van der Waals surface area (Å²) in [4.78, 5) is 27.9. The van der Waals surface area contributed by atoms with Gasteiger partial charge in [-0.25, -0.2) is 4.79 Å². The maximum atomic E-state index is 13.0. The zero-order valence-corrected chi connectivity index (χ0v) is 17.6. The lowest BCUT2D eigenvalue weighted by Gasteiger charge is -2.36. The summed E-state index contributed by atoms with van der Waals surface area (Å²) >= 11 is 13.6. The second kappa shape index (κ2) is 8.06. The second-order valence-electron chi connectivity index (χ2n) is 6.34. The van der Waals surface area contributed by atoms with E-state index in [2.05, 4.69) is 0 Å². The van der Waals surface area contributed by atoms with Crippen LogP contribution in [0.2, 0.25) is 10.0 Å². The molecule has 1 aromatic heterocycles. The largest absolute Gasteiger partial charge is 0.493 e. The number of ether oxygens (including phenoxy) is 2. The number of fused-ring (bicyclic) bond motifs is 1. The molecule has 2 aromatic carbocycles. The summed E-state index contributed by atoms with van der Waals surface area (Å²) in [6.07, 6.45) is -0.542. The van der Waals surface area contributed by atoms with Gasteiger partial charge in [-0.1, -0.05) is 41.4 Å². The molecule has 0 bridgehead atoms. The molecule has 1 aliphatic rings. The number of hydrogen-bond acceptors (Lipinski definition) is 5. The van der Waals surface area contributed by atoms with E-state index >= 15 is 0 Å². The lowest BCUT2D eigenvalue weighted by Crippen LogP contribution is -2.42. The van der Waals surface area contributed by atoms with Gasteiger partial charge in [-0.15, -0.1) is 11.3 Å². The van der Waals surface area contributed by atoms with E-state index in [1.807, 2.05) is 17.5 Å². The van der Waals surface area contributed by atoms with Crippen molar-refractivity contribution in [2.45, 2.75) is 12.5 Å². The third kappa shape index (κ3) is 3.71. The van der Waals surface area contributed by atoms with E-state index in [0.717, 1.165) is 0 Å². The van der Waals surface area contributed by atoms with Crippen molar-refractivity contribution in [2.75, 3.05) is 12.0 Å². The van der Waals surface area contributed by atoms with Crippen molar-refractivity contribution in [3.05, 3.63) is 74.4 Å². The molecule has 0 spiro atoms. The first kappa shape index (κ1) is 19.8. The van der Waals surface area contributed by atoms with Gasteiger partial charge in [0.25, 0.3) is 0 Å². The first-order chi connectivity index (χ1) is 14.0. The molecule has 5 nitrogen and oxygen atoms in total. The minimum atomic E-state index is -0.621. The van der Waals surface area contributed by atoms with Crippen LogP contribution >= 0.6 is 34.5 Å². The smallest absolute Gasteiger partial charge is 0.420 e. The molecule has 0 N–H and O–H groups in total. The summed E-state index contributed by atoms with van der Waals surface area (Å²) in [7, 11) is 1.50. The number of methoxy groups -OCH3 is 1. The Labute approximate surface area is 181 Å². The van der Waals surface area contributed by atoms with E-state index < -0.39 is 12.1 Å². The predicted octanol–water partition coefficient (Wildman–Crippen LogP) is 6.40. The van der Waals surface area contributed by atoms with Gasteiger partial charge in [-0.3, -0.25) is 9.69 Å². The summed E-state index contributed by atoms with van der Waals surface area (Å²) in [5.74, 6) is 0.678. The fraction of sp³-hybridized carbons (Fsp3) is 0.143. The third-order valence-corrected chi connectivity index (χ3v) is 6.29. The van der Waals surface area contributed by atoms with Crippen molar-refractivity contribution < 1.29 is 19.1 Å². The zero-order valence-electron chi connectivity index (χ0n) is 15.2. The van der Waals surface area contributed by atoms with Crippen molar-refractivity contribution in [2.24, 2.45) is 0 Å². The number of hydrogen-bond donors (Lipinski definition) is 0. The number of benzene rings is 2. The van der Waals surface area contributed by atoms with Crippen LogP contribution in [0.5, 0.6) is 11.5 Å². The molecule has 0 saturated heterocycles. The molecule has 0 saturated carbocycles. The first-order valence-corrected chi connectivity index (χ1v) is 10.3. The quantitative estimate of drug-likeness (QED) is 0.424. The lowest BCUT2D eigenvalue weighted by atomic mass is 9.96. The predicted molar refractivity (Wildman–Crippen MR) is 114 cm³/mol. The van der Waals surface area contributed by atoms with E-state index in [-0.39, 0.29) is 12.2 Å². The highest BCUT2D eigenvalue weighted by Gasteiger charge is 2.38. The Morgan fingerprint density at radius 1 is 1.17 bits per heavy atom. The first-order valence-electron chi connectivity index (χ1n) is 8.69. The van der Waals surface area contributed by atoms with E-state index in [9.17, 15) is 9.59 Å². The van der Waals surface area contributed by atoms with Crippen LogP contribution < -0.4 is 14.4 Å². The number of thiophene rings is 1. The van der Waals surface area contributed by atoms with Gasteiger partial charge in [0.15, 0.2) is 17.3 Å². The van der Waals surface area contributed by atoms with Gasteiger partial charge >= 0.3 is 6.09 Å². The molecule has 0 aliphatic carbocycles. The molecule has 1 aliphatic heterocycles. The fourth-order valence-electron chi connectivity index (χ4n) is 3.30. The maximum absolute atomic E-state index is 13.0. The molecule has 0 radical (unpaired) electrons. The van der Waals surface area contributed by atoms with Crippen molar-refractivity contribution >= 4 is 52.1 Å². The Hall–Kier alpha value is -2.54. The number of rotatable bonds is 5. The van der Waals surface area contributed by atoms with Gasteiger partial charge in [-0.05, 0) is 35.7 Å². The topological polar surface area (TPSA) is 55.8 Å².